The highest BCUT2D eigenvalue weighted by Crippen LogP contribution is 2.35. The van der Waals surface area contributed by atoms with Crippen LogP contribution in [0.3, 0.4) is 0 Å². The third kappa shape index (κ3) is 2.69. The number of benzene rings is 2. The van der Waals surface area contributed by atoms with Gasteiger partial charge in [-0.15, -0.1) is 0 Å². The molecule has 104 valence electrons. The molecule has 0 nitrogen and oxygen atoms in total. The smallest absolute Gasteiger partial charge is 0.0647 e. The minimum absolute atomic E-state index is 0.301. The second-order valence-corrected chi connectivity index (χ2v) is 6.87. The third-order valence-electron chi connectivity index (χ3n) is 4.37. The van der Waals surface area contributed by atoms with Gasteiger partial charge in [-0.05, 0) is 67.3 Å². The third-order valence-corrected chi connectivity index (χ3v) is 5.39. The van der Waals surface area contributed by atoms with Gasteiger partial charge >= 0.3 is 0 Å². The van der Waals surface area contributed by atoms with Crippen LogP contribution in [-0.2, 0) is 12.8 Å². The Morgan fingerprint density at radius 1 is 0.900 bits per heavy atom. The molecule has 3 rings (SSSR count). The number of hydrogen-bond donors (Lipinski definition) is 0. The van der Waals surface area contributed by atoms with Gasteiger partial charge in [0.2, 0.25) is 0 Å². The zero-order valence-corrected chi connectivity index (χ0v) is 13.8. The molecule has 0 amide bonds. The number of alkyl halides is 1. The van der Waals surface area contributed by atoms with Crippen LogP contribution in [0.25, 0.3) is 0 Å². The summed E-state index contributed by atoms with van der Waals surface area (Å²) in [7, 11) is 0. The van der Waals surface area contributed by atoms with E-state index in [0.29, 0.717) is 4.83 Å². The molecule has 0 saturated heterocycles. The molecule has 1 unspecified atom stereocenters. The number of aryl methyl sites for hydroxylation is 4. The second kappa shape index (κ2) is 5.73. The van der Waals surface area contributed by atoms with Crippen molar-refractivity contribution in [2.75, 3.05) is 0 Å². The highest BCUT2D eigenvalue weighted by atomic mass is 79.9. The van der Waals surface area contributed by atoms with Gasteiger partial charge in [0.1, 0.15) is 0 Å². The predicted octanol–water partition coefficient (Wildman–Crippen LogP) is 5.67. The Hall–Kier alpha value is -1.08. The van der Waals surface area contributed by atoms with Crippen molar-refractivity contribution in [3.63, 3.8) is 0 Å². The molecule has 0 saturated carbocycles. The highest BCUT2D eigenvalue weighted by Gasteiger charge is 2.16. The van der Waals surface area contributed by atoms with Crippen LogP contribution in [0.15, 0.2) is 36.4 Å². The first kappa shape index (κ1) is 13.9. The molecule has 0 radical (unpaired) electrons. The minimum atomic E-state index is 0.301. The molecule has 0 spiro atoms. The Balaban J connectivity index is 1.97. The van der Waals surface area contributed by atoms with Crippen LogP contribution in [0.4, 0.5) is 0 Å². The molecule has 20 heavy (non-hydrogen) atoms. The molecule has 1 aliphatic rings. The monoisotopic (exact) mass is 328 g/mol. The maximum Gasteiger partial charge on any atom is 0.0647 e. The lowest BCUT2D eigenvalue weighted by atomic mass is 9.88. The van der Waals surface area contributed by atoms with Gasteiger partial charge in [-0.3, -0.25) is 0 Å². The van der Waals surface area contributed by atoms with E-state index in [4.69, 9.17) is 0 Å². The summed E-state index contributed by atoms with van der Waals surface area (Å²) in [6.45, 7) is 4.36. The molecule has 1 heteroatoms. The van der Waals surface area contributed by atoms with E-state index in [1.165, 1.54) is 47.9 Å². The van der Waals surface area contributed by atoms with Crippen LogP contribution in [0, 0.1) is 13.8 Å². The lowest BCUT2D eigenvalue weighted by molar-refractivity contribution is 0.684. The topological polar surface area (TPSA) is 0 Å². The van der Waals surface area contributed by atoms with Crippen molar-refractivity contribution in [2.24, 2.45) is 0 Å². The van der Waals surface area contributed by atoms with Crippen LogP contribution in [0.1, 0.15) is 51.0 Å². The van der Waals surface area contributed by atoms with Gasteiger partial charge in [-0.1, -0.05) is 57.9 Å². The van der Waals surface area contributed by atoms with Crippen molar-refractivity contribution in [1.82, 2.24) is 0 Å². The SMILES string of the molecule is Cc1ccc(C)c(C(Br)c2ccc3c(c2)CCCC3)c1. The Labute approximate surface area is 130 Å². The van der Waals surface area contributed by atoms with Gasteiger partial charge in [0.15, 0.2) is 0 Å². The fourth-order valence-electron chi connectivity index (χ4n) is 3.12. The van der Waals surface area contributed by atoms with Gasteiger partial charge in [0.05, 0.1) is 4.83 Å². The van der Waals surface area contributed by atoms with Gasteiger partial charge in [0, 0.05) is 0 Å². The molecule has 0 heterocycles. The fourth-order valence-corrected chi connectivity index (χ4v) is 3.90. The van der Waals surface area contributed by atoms with Crippen LogP contribution >= 0.6 is 15.9 Å². The number of fused-ring (bicyclic) bond motifs is 1. The molecule has 0 bridgehead atoms. The zero-order chi connectivity index (χ0) is 14.1. The number of hydrogen-bond acceptors (Lipinski definition) is 0. The van der Waals surface area contributed by atoms with Gasteiger partial charge < -0.3 is 0 Å². The van der Waals surface area contributed by atoms with Crippen LogP contribution in [-0.4, -0.2) is 0 Å². The lowest BCUT2D eigenvalue weighted by Crippen LogP contribution is -2.04. The van der Waals surface area contributed by atoms with Gasteiger partial charge in [-0.25, -0.2) is 0 Å². The van der Waals surface area contributed by atoms with Gasteiger partial charge in [-0.2, -0.15) is 0 Å². The van der Waals surface area contributed by atoms with E-state index in [-0.39, 0.29) is 0 Å². The minimum Gasteiger partial charge on any atom is -0.0786 e. The van der Waals surface area contributed by atoms with Gasteiger partial charge in [0.25, 0.3) is 0 Å². The molecular formula is C19H21Br. The summed E-state index contributed by atoms with van der Waals surface area (Å²) in [4.78, 5) is 0.301. The average molecular weight is 329 g/mol. The molecule has 0 fully saturated rings. The van der Waals surface area contributed by atoms with Crippen molar-refractivity contribution < 1.29 is 0 Å². The standard InChI is InChI=1S/C19H21Br/c1-13-7-8-14(2)18(11-13)19(20)17-10-9-15-5-3-4-6-16(15)12-17/h7-12,19H,3-6H2,1-2H3. The summed E-state index contributed by atoms with van der Waals surface area (Å²) in [5, 5.41) is 0. The quantitative estimate of drug-likeness (QED) is 0.623. The summed E-state index contributed by atoms with van der Waals surface area (Å²) in [6, 6.07) is 13.8. The van der Waals surface area contributed by atoms with Crippen LogP contribution < -0.4 is 0 Å². The first-order valence-electron chi connectivity index (χ1n) is 7.48. The van der Waals surface area contributed by atoms with E-state index < -0.39 is 0 Å². The Bertz CT molecular complexity index is 628. The second-order valence-electron chi connectivity index (χ2n) is 5.96. The molecule has 1 atom stereocenters. The maximum atomic E-state index is 3.91. The summed E-state index contributed by atoms with van der Waals surface area (Å²) in [5.41, 5.74) is 8.58. The van der Waals surface area contributed by atoms with Crippen molar-refractivity contribution in [3.8, 4) is 0 Å². The first-order chi connectivity index (χ1) is 9.65. The van der Waals surface area contributed by atoms with E-state index in [2.05, 4.69) is 66.2 Å². The largest absolute Gasteiger partial charge is 0.0786 e. The van der Waals surface area contributed by atoms with Crippen LogP contribution in [0.5, 0.6) is 0 Å². The van der Waals surface area contributed by atoms with Crippen molar-refractivity contribution in [2.45, 2.75) is 44.4 Å². The first-order valence-corrected chi connectivity index (χ1v) is 8.39. The summed E-state index contributed by atoms with van der Waals surface area (Å²) < 4.78 is 0. The average Bonchev–Trinajstić information content (AvgIpc) is 2.48. The highest BCUT2D eigenvalue weighted by molar-refractivity contribution is 9.09. The Morgan fingerprint density at radius 2 is 1.65 bits per heavy atom. The Kier molecular flexibility index (Phi) is 3.98. The summed E-state index contributed by atoms with van der Waals surface area (Å²) in [6.07, 6.45) is 5.19. The lowest BCUT2D eigenvalue weighted by Gasteiger charge is -2.20. The number of rotatable bonds is 2. The fraction of sp³-hybridized carbons (Fsp3) is 0.368. The summed E-state index contributed by atoms with van der Waals surface area (Å²) in [5.74, 6) is 0. The molecule has 1 aliphatic carbocycles. The normalized spacial score (nSPS) is 15.8. The molecule has 2 aromatic rings. The van der Waals surface area contributed by atoms with E-state index >= 15 is 0 Å². The van der Waals surface area contributed by atoms with E-state index in [9.17, 15) is 0 Å². The van der Waals surface area contributed by atoms with Crippen molar-refractivity contribution >= 4 is 15.9 Å². The molecule has 0 aliphatic heterocycles. The van der Waals surface area contributed by atoms with E-state index in [0.717, 1.165) is 0 Å². The molecular weight excluding hydrogens is 308 g/mol. The maximum absolute atomic E-state index is 3.91. The summed E-state index contributed by atoms with van der Waals surface area (Å²) >= 11 is 3.91. The van der Waals surface area contributed by atoms with E-state index in [1.807, 2.05) is 0 Å². The van der Waals surface area contributed by atoms with Crippen molar-refractivity contribution in [3.05, 3.63) is 69.8 Å². The zero-order valence-electron chi connectivity index (χ0n) is 12.2. The molecule has 2 aromatic carbocycles. The molecule has 0 N–H and O–H groups in total. The predicted molar refractivity (Wildman–Crippen MR) is 89.8 cm³/mol. The van der Waals surface area contributed by atoms with Crippen LogP contribution in [0.2, 0.25) is 0 Å². The molecule has 0 aromatic heterocycles. The Morgan fingerprint density at radius 3 is 2.45 bits per heavy atom. The van der Waals surface area contributed by atoms with Crippen molar-refractivity contribution in [1.29, 1.82) is 0 Å². The van der Waals surface area contributed by atoms with E-state index in [1.54, 1.807) is 11.1 Å². The number of halogens is 1.